The Hall–Kier alpha value is -1.32. The normalized spacial score (nSPS) is 11.6. The molecule has 0 amide bonds. The van der Waals surface area contributed by atoms with Gasteiger partial charge in [-0.15, -0.1) is 0 Å². The first-order valence-corrected chi connectivity index (χ1v) is 9.70. The second-order valence-electron chi connectivity index (χ2n) is 6.62. The third-order valence-electron chi connectivity index (χ3n) is 4.35. The summed E-state index contributed by atoms with van der Waals surface area (Å²) in [6.45, 7) is 2.24. The summed E-state index contributed by atoms with van der Waals surface area (Å²) in [5.74, 6) is -2.88. The molecule has 0 fully saturated rings. The first-order valence-electron chi connectivity index (χ1n) is 9.70. The summed E-state index contributed by atoms with van der Waals surface area (Å²) in [4.78, 5) is 21.1. The van der Waals surface area contributed by atoms with E-state index in [0.29, 0.717) is 12.5 Å². The van der Waals surface area contributed by atoms with E-state index in [0.717, 1.165) is 12.8 Å². The standard InChI is InChI=1S/C20H36O4/c1-2-3-4-5-6-7-8-9-10-11-12-13-14-15-16-18(20(23)24)17-19(21)22/h17H,2-16H2,1H3,(H,21,22)(H,23,24)/p-2/b18-17-. The topological polar surface area (TPSA) is 80.3 Å². The Bertz CT molecular complexity index is 361. The van der Waals surface area contributed by atoms with Gasteiger partial charge in [0.05, 0.1) is 11.9 Å². The van der Waals surface area contributed by atoms with E-state index in [1.165, 1.54) is 70.6 Å². The zero-order chi connectivity index (χ0) is 18.0. The molecule has 0 spiro atoms. The largest absolute Gasteiger partial charge is 0.545 e. The summed E-state index contributed by atoms with van der Waals surface area (Å²) < 4.78 is 0. The van der Waals surface area contributed by atoms with Gasteiger partial charge in [-0.3, -0.25) is 0 Å². The van der Waals surface area contributed by atoms with Crippen molar-refractivity contribution in [3.05, 3.63) is 11.6 Å². The highest BCUT2D eigenvalue weighted by Gasteiger charge is 1.99. The molecule has 4 heteroatoms. The van der Waals surface area contributed by atoms with E-state index in [4.69, 9.17) is 0 Å². The second kappa shape index (κ2) is 16.5. The van der Waals surface area contributed by atoms with Crippen LogP contribution in [-0.2, 0) is 9.59 Å². The summed E-state index contributed by atoms with van der Waals surface area (Å²) in [6.07, 6.45) is 18.1. The van der Waals surface area contributed by atoms with Crippen LogP contribution in [0.5, 0.6) is 0 Å². The molecular formula is C20H34O4-2. The third-order valence-corrected chi connectivity index (χ3v) is 4.35. The number of hydrogen-bond donors (Lipinski definition) is 0. The van der Waals surface area contributed by atoms with Crippen LogP contribution in [0.25, 0.3) is 0 Å². The molecule has 140 valence electrons. The Kier molecular flexibility index (Phi) is 15.6. The summed E-state index contributed by atoms with van der Waals surface area (Å²) in [5, 5.41) is 21.1. The molecular weight excluding hydrogens is 304 g/mol. The molecule has 0 saturated carbocycles. The minimum atomic E-state index is -1.47. The van der Waals surface area contributed by atoms with Crippen LogP contribution in [-0.4, -0.2) is 11.9 Å². The number of aliphatic carboxylic acids is 2. The quantitative estimate of drug-likeness (QED) is 0.301. The Balaban J connectivity index is 3.36. The van der Waals surface area contributed by atoms with Crippen molar-refractivity contribution in [2.45, 2.75) is 103 Å². The Morgan fingerprint density at radius 2 is 1.04 bits per heavy atom. The zero-order valence-corrected chi connectivity index (χ0v) is 15.3. The molecule has 0 rings (SSSR count). The molecule has 0 saturated heterocycles. The molecule has 0 atom stereocenters. The lowest BCUT2D eigenvalue weighted by molar-refractivity contribution is -0.303. The van der Waals surface area contributed by atoms with Crippen molar-refractivity contribution in [3.63, 3.8) is 0 Å². The van der Waals surface area contributed by atoms with Gasteiger partial charge in [-0.25, -0.2) is 0 Å². The van der Waals surface area contributed by atoms with Crippen molar-refractivity contribution < 1.29 is 19.8 Å². The van der Waals surface area contributed by atoms with Crippen LogP contribution in [0.2, 0.25) is 0 Å². The molecule has 0 heterocycles. The van der Waals surface area contributed by atoms with Gasteiger partial charge in [-0.2, -0.15) is 0 Å². The number of hydrogen-bond acceptors (Lipinski definition) is 4. The lowest BCUT2D eigenvalue weighted by Crippen LogP contribution is -2.27. The van der Waals surface area contributed by atoms with Crippen LogP contribution in [0.4, 0.5) is 0 Å². The minimum absolute atomic E-state index is 0.172. The van der Waals surface area contributed by atoms with Crippen molar-refractivity contribution in [1.29, 1.82) is 0 Å². The first kappa shape index (κ1) is 22.7. The monoisotopic (exact) mass is 338 g/mol. The fraction of sp³-hybridized carbons (Fsp3) is 0.800. The molecule has 0 aromatic rings. The van der Waals surface area contributed by atoms with Gasteiger partial charge in [0.15, 0.2) is 0 Å². The first-order chi connectivity index (χ1) is 11.6. The highest BCUT2D eigenvalue weighted by molar-refractivity contribution is 5.92. The number of carboxylic acid groups (broad SMARTS) is 2. The van der Waals surface area contributed by atoms with Gasteiger partial charge in [0, 0.05) is 0 Å². The fourth-order valence-electron chi connectivity index (χ4n) is 2.89. The summed E-state index contributed by atoms with van der Waals surface area (Å²) in [7, 11) is 0. The molecule has 0 aromatic heterocycles. The maximum absolute atomic E-state index is 10.7. The van der Waals surface area contributed by atoms with Crippen molar-refractivity contribution >= 4 is 11.9 Å². The van der Waals surface area contributed by atoms with Crippen LogP contribution in [0.3, 0.4) is 0 Å². The van der Waals surface area contributed by atoms with Crippen LogP contribution in [0.15, 0.2) is 11.6 Å². The smallest absolute Gasteiger partial charge is 0.0675 e. The molecule has 0 aliphatic rings. The Labute approximate surface area is 147 Å². The van der Waals surface area contributed by atoms with E-state index in [2.05, 4.69) is 6.92 Å². The van der Waals surface area contributed by atoms with Gasteiger partial charge in [0.2, 0.25) is 0 Å². The number of rotatable bonds is 17. The van der Waals surface area contributed by atoms with Gasteiger partial charge >= 0.3 is 0 Å². The van der Waals surface area contributed by atoms with Gasteiger partial charge in [0.1, 0.15) is 0 Å². The molecule has 0 radical (unpaired) electrons. The van der Waals surface area contributed by atoms with E-state index in [1.807, 2.05) is 0 Å². The molecule has 0 aromatic carbocycles. The number of carbonyl (C=O) groups excluding carboxylic acids is 2. The number of unbranched alkanes of at least 4 members (excludes halogenated alkanes) is 13. The molecule has 0 unspecified atom stereocenters. The van der Waals surface area contributed by atoms with Crippen LogP contribution in [0, 0.1) is 0 Å². The Morgan fingerprint density at radius 3 is 1.38 bits per heavy atom. The van der Waals surface area contributed by atoms with E-state index < -0.39 is 11.9 Å². The molecule has 0 aliphatic carbocycles. The van der Waals surface area contributed by atoms with E-state index in [9.17, 15) is 19.8 Å². The van der Waals surface area contributed by atoms with E-state index in [-0.39, 0.29) is 12.0 Å². The maximum Gasteiger partial charge on any atom is 0.0675 e. The summed E-state index contributed by atoms with van der Waals surface area (Å²) in [6, 6.07) is 0. The average molecular weight is 338 g/mol. The predicted molar refractivity (Wildman–Crippen MR) is 93.0 cm³/mol. The van der Waals surface area contributed by atoms with E-state index in [1.54, 1.807) is 0 Å². The lowest BCUT2D eigenvalue weighted by atomic mass is 10.0. The highest BCUT2D eigenvalue weighted by atomic mass is 16.4. The van der Waals surface area contributed by atoms with Crippen LogP contribution in [0.1, 0.15) is 103 Å². The second-order valence-corrected chi connectivity index (χ2v) is 6.62. The molecule has 24 heavy (non-hydrogen) atoms. The average Bonchev–Trinajstić information content (AvgIpc) is 2.53. The van der Waals surface area contributed by atoms with Crippen molar-refractivity contribution in [3.8, 4) is 0 Å². The van der Waals surface area contributed by atoms with E-state index >= 15 is 0 Å². The lowest BCUT2D eigenvalue weighted by Gasteiger charge is -2.09. The Morgan fingerprint density at radius 1 is 0.667 bits per heavy atom. The third kappa shape index (κ3) is 15.6. The predicted octanol–water partition coefficient (Wildman–Crippen LogP) is 3.28. The van der Waals surface area contributed by atoms with Crippen molar-refractivity contribution in [2.24, 2.45) is 0 Å². The summed E-state index contributed by atoms with van der Waals surface area (Å²) in [5.41, 5.74) is -0.172. The van der Waals surface area contributed by atoms with Crippen molar-refractivity contribution in [1.82, 2.24) is 0 Å². The SMILES string of the molecule is CCCCCCCCCCCCCCCC/C(=C/C(=O)[O-])C(=O)[O-]. The molecule has 0 aliphatic heterocycles. The van der Waals surface area contributed by atoms with Gasteiger partial charge in [0.25, 0.3) is 0 Å². The number of carbonyl (C=O) groups is 2. The summed E-state index contributed by atoms with van der Waals surface area (Å²) >= 11 is 0. The fourth-order valence-corrected chi connectivity index (χ4v) is 2.89. The van der Waals surface area contributed by atoms with Crippen molar-refractivity contribution in [2.75, 3.05) is 0 Å². The molecule has 0 N–H and O–H groups in total. The minimum Gasteiger partial charge on any atom is -0.545 e. The van der Waals surface area contributed by atoms with Crippen LogP contribution >= 0.6 is 0 Å². The highest BCUT2D eigenvalue weighted by Crippen LogP contribution is 2.14. The van der Waals surface area contributed by atoms with Gasteiger partial charge in [-0.1, -0.05) is 90.4 Å². The van der Waals surface area contributed by atoms with Gasteiger partial charge < -0.3 is 19.8 Å². The zero-order valence-electron chi connectivity index (χ0n) is 15.3. The maximum atomic E-state index is 10.7. The number of carboxylic acids is 2. The van der Waals surface area contributed by atoms with Crippen LogP contribution < -0.4 is 10.2 Å². The molecule has 0 bridgehead atoms. The van der Waals surface area contributed by atoms with Gasteiger partial charge in [-0.05, 0) is 24.5 Å². The molecule has 4 nitrogen and oxygen atoms in total.